The van der Waals surface area contributed by atoms with E-state index in [0.717, 1.165) is 25.8 Å². The molecule has 0 radical (unpaired) electrons. The Kier molecular flexibility index (Phi) is 6.45. The molecular formula is C18H17Br2NO3. The van der Waals surface area contributed by atoms with Crippen LogP contribution in [0.1, 0.15) is 11.1 Å². The van der Waals surface area contributed by atoms with Gasteiger partial charge in [0.05, 0.1) is 18.7 Å². The number of carbonyl (C=O) groups is 1. The Morgan fingerprint density at radius 1 is 1.12 bits per heavy atom. The van der Waals surface area contributed by atoms with E-state index in [2.05, 4.69) is 37.2 Å². The lowest BCUT2D eigenvalue weighted by Crippen LogP contribution is -2.08. The predicted octanol–water partition coefficient (Wildman–Crippen LogP) is 5.19. The summed E-state index contributed by atoms with van der Waals surface area (Å²) >= 11 is 6.83. The third kappa shape index (κ3) is 4.61. The molecule has 0 saturated heterocycles. The summed E-state index contributed by atoms with van der Waals surface area (Å²) in [7, 11) is 3.15. The smallest absolute Gasteiger partial charge is 0.248 e. The second-order valence-electron chi connectivity index (χ2n) is 5.02. The summed E-state index contributed by atoms with van der Waals surface area (Å²) < 4.78 is 12.3. The van der Waals surface area contributed by atoms with Gasteiger partial charge >= 0.3 is 0 Å². The number of halogens is 2. The van der Waals surface area contributed by atoms with E-state index in [1.807, 2.05) is 31.2 Å². The molecule has 2 rings (SSSR count). The quantitative estimate of drug-likeness (QED) is 0.632. The molecule has 0 aliphatic rings. The average molecular weight is 455 g/mol. The maximum atomic E-state index is 12.1. The number of rotatable bonds is 5. The standard InChI is InChI=1S/C18H17Br2NO3/c1-11-8-13(19)5-6-15(11)21-17(22)7-4-12-9-14(20)18(24-3)16(10-12)23-2/h4-10H,1-3H3,(H,21,22)/b7-4+. The van der Waals surface area contributed by atoms with Gasteiger partial charge in [-0.3, -0.25) is 4.79 Å². The Morgan fingerprint density at radius 2 is 1.88 bits per heavy atom. The Labute approximate surface area is 158 Å². The van der Waals surface area contributed by atoms with E-state index in [4.69, 9.17) is 9.47 Å². The van der Waals surface area contributed by atoms with Crippen LogP contribution in [-0.2, 0) is 4.79 Å². The van der Waals surface area contributed by atoms with E-state index in [1.54, 1.807) is 26.4 Å². The molecule has 0 fully saturated rings. The van der Waals surface area contributed by atoms with Gasteiger partial charge in [0.25, 0.3) is 0 Å². The largest absolute Gasteiger partial charge is 0.493 e. The van der Waals surface area contributed by atoms with Crippen molar-refractivity contribution in [1.29, 1.82) is 0 Å². The van der Waals surface area contributed by atoms with Crippen molar-refractivity contribution in [3.63, 3.8) is 0 Å². The van der Waals surface area contributed by atoms with Gasteiger partial charge in [-0.05, 0) is 70.4 Å². The fraction of sp³-hybridized carbons (Fsp3) is 0.167. The molecule has 0 atom stereocenters. The second-order valence-corrected chi connectivity index (χ2v) is 6.79. The third-order valence-corrected chi connectivity index (χ3v) is 4.41. The van der Waals surface area contributed by atoms with Crippen LogP contribution in [0, 0.1) is 6.92 Å². The van der Waals surface area contributed by atoms with Crippen LogP contribution in [0.25, 0.3) is 6.08 Å². The molecule has 0 aliphatic carbocycles. The summed E-state index contributed by atoms with van der Waals surface area (Å²) in [6.07, 6.45) is 3.20. The molecule has 2 aromatic carbocycles. The van der Waals surface area contributed by atoms with E-state index in [0.29, 0.717) is 11.5 Å². The zero-order valence-electron chi connectivity index (χ0n) is 13.5. The molecule has 1 N–H and O–H groups in total. The van der Waals surface area contributed by atoms with Crippen molar-refractivity contribution < 1.29 is 14.3 Å². The number of ether oxygens (including phenoxy) is 2. The Bertz CT molecular complexity index is 788. The third-order valence-electron chi connectivity index (χ3n) is 3.33. The summed E-state index contributed by atoms with van der Waals surface area (Å²) in [5.41, 5.74) is 2.59. The van der Waals surface area contributed by atoms with Crippen molar-refractivity contribution in [2.45, 2.75) is 6.92 Å². The van der Waals surface area contributed by atoms with Crippen molar-refractivity contribution in [2.24, 2.45) is 0 Å². The van der Waals surface area contributed by atoms with Gasteiger partial charge in [0.2, 0.25) is 5.91 Å². The summed E-state index contributed by atoms with van der Waals surface area (Å²) in [4.78, 5) is 12.1. The number of aryl methyl sites for hydroxylation is 1. The number of methoxy groups -OCH3 is 2. The lowest BCUT2D eigenvalue weighted by atomic mass is 10.1. The predicted molar refractivity (Wildman–Crippen MR) is 104 cm³/mol. The minimum atomic E-state index is -0.202. The van der Waals surface area contributed by atoms with Crippen LogP contribution in [0.5, 0.6) is 11.5 Å². The number of carbonyl (C=O) groups excluding carboxylic acids is 1. The van der Waals surface area contributed by atoms with Crippen LogP contribution in [0.15, 0.2) is 45.4 Å². The van der Waals surface area contributed by atoms with Crippen molar-refractivity contribution >= 4 is 49.5 Å². The first-order valence-corrected chi connectivity index (χ1v) is 8.70. The molecule has 0 saturated carbocycles. The number of anilines is 1. The molecule has 4 nitrogen and oxygen atoms in total. The zero-order chi connectivity index (χ0) is 17.7. The summed E-state index contributed by atoms with van der Waals surface area (Å²) in [6, 6.07) is 9.36. The van der Waals surface area contributed by atoms with Crippen LogP contribution in [0.4, 0.5) is 5.69 Å². The van der Waals surface area contributed by atoms with Crippen molar-refractivity contribution in [3.05, 3.63) is 56.5 Å². The first kappa shape index (κ1) is 18.5. The maximum absolute atomic E-state index is 12.1. The molecule has 0 aliphatic heterocycles. The minimum absolute atomic E-state index is 0.202. The van der Waals surface area contributed by atoms with E-state index in [9.17, 15) is 4.79 Å². The number of amides is 1. The molecule has 1 amide bonds. The van der Waals surface area contributed by atoms with E-state index >= 15 is 0 Å². The van der Waals surface area contributed by atoms with Gasteiger partial charge in [-0.15, -0.1) is 0 Å². The van der Waals surface area contributed by atoms with Crippen LogP contribution >= 0.6 is 31.9 Å². The van der Waals surface area contributed by atoms with Gasteiger partial charge < -0.3 is 14.8 Å². The van der Waals surface area contributed by atoms with Gasteiger partial charge in [0.1, 0.15) is 0 Å². The summed E-state index contributed by atoms with van der Waals surface area (Å²) in [5.74, 6) is 1.01. The lowest BCUT2D eigenvalue weighted by Gasteiger charge is -2.10. The molecule has 2 aromatic rings. The number of benzene rings is 2. The van der Waals surface area contributed by atoms with Gasteiger partial charge in [0.15, 0.2) is 11.5 Å². The number of nitrogens with one attached hydrogen (secondary N) is 1. The van der Waals surface area contributed by atoms with Gasteiger partial charge in [-0.25, -0.2) is 0 Å². The molecule has 24 heavy (non-hydrogen) atoms. The van der Waals surface area contributed by atoms with Crippen molar-refractivity contribution in [2.75, 3.05) is 19.5 Å². The molecule has 0 unspecified atom stereocenters. The Hall–Kier alpha value is -1.79. The highest BCUT2D eigenvalue weighted by atomic mass is 79.9. The molecular weight excluding hydrogens is 438 g/mol. The maximum Gasteiger partial charge on any atom is 0.248 e. The average Bonchev–Trinajstić information content (AvgIpc) is 2.55. The van der Waals surface area contributed by atoms with Gasteiger partial charge in [-0.2, -0.15) is 0 Å². The highest BCUT2D eigenvalue weighted by Gasteiger charge is 2.09. The van der Waals surface area contributed by atoms with Crippen molar-refractivity contribution in [3.8, 4) is 11.5 Å². The molecule has 0 heterocycles. The van der Waals surface area contributed by atoms with Crippen LogP contribution in [-0.4, -0.2) is 20.1 Å². The molecule has 6 heteroatoms. The zero-order valence-corrected chi connectivity index (χ0v) is 16.7. The van der Waals surface area contributed by atoms with E-state index in [-0.39, 0.29) is 5.91 Å². The van der Waals surface area contributed by atoms with E-state index < -0.39 is 0 Å². The SMILES string of the molecule is COc1cc(/C=C/C(=O)Nc2ccc(Br)cc2C)cc(Br)c1OC. The van der Waals surface area contributed by atoms with Crippen LogP contribution < -0.4 is 14.8 Å². The monoisotopic (exact) mass is 453 g/mol. The van der Waals surface area contributed by atoms with Crippen molar-refractivity contribution in [1.82, 2.24) is 0 Å². The second kappa shape index (κ2) is 8.35. The Morgan fingerprint density at radius 3 is 2.50 bits per heavy atom. The molecule has 126 valence electrons. The highest BCUT2D eigenvalue weighted by molar-refractivity contribution is 9.10. The molecule has 0 bridgehead atoms. The number of hydrogen-bond acceptors (Lipinski definition) is 3. The number of hydrogen-bond donors (Lipinski definition) is 1. The first-order valence-electron chi connectivity index (χ1n) is 7.11. The fourth-order valence-electron chi connectivity index (χ4n) is 2.15. The lowest BCUT2D eigenvalue weighted by molar-refractivity contribution is -0.111. The van der Waals surface area contributed by atoms with Gasteiger partial charge in [0, 0.05) is 16.2 Å². The van der Waals surface area contributed by atoms with Crippen LogP contribution in [0.2, 0.25) is 0 Å². The highest BCUT2D eigenvalue weighted by Crippen LogP contribution is 2.36. The van der Waals surface area contributed by atoms with Crippen LogP contribution in [0.3, 0.4) is 0 Å². The first-order chi connectivity index (χ1) is 11.4. The Balaban J connectivity index is 2.15. The summed E-state index contributed by atoms with van der Waals surface area (Å²) in [5, 5.41) is 2.86. The molecule has 0 spiro atoms. The minimum Gasteiger partial charge on any atom is -0.493 e. The fourth-order valence-corrected chi connectivity index (χ4v) is 3.24. The normalized spacial score (nSPS) is 10.7. The topological polar surface area (TPSA) is 47.6 Å². The molecule has 0 aromatic heterocycles. The van der Waals surface area contributed by atoms with E-state index in [1.165, 1.54) is 6.08 Å². The summed E-state index contributed by atoms with van der Waals surface area (Å²) in [6.45, 7) is 1.94. The van der Waals surface area contributed by atoms with Gasteiger partial charge in [-0.1, -0.05) is 15.9 Å².